The Morgan fingerprint density at radius 3 is 2.65 bits per heavy atom. The van der Waals surface area contributed by atoms with Crippen molar-refractivity contribution in [3.05, 3.63) is 64.7 Å². The molecule has 0 aliphatic rings. The van der Waals surface area contributed by atoms with E-state index in [1.165, 1.54) is 11.1 Å². The number of aryl methyl sites for hydroxylation is 1. The fourth-order valence-corrected chi connectivity index (χ4v) is 3.70. The molecule has 0 saturated carbocycles. The average Bonchev–Trinajstić information content (AvgIpc) is 2.97. The van der Waals surface area contributed by atoms with Gasteiger partial charge >= 0.3 is 0 Å². The Labute approximate surface area is 145 Å². The molecule has 1 aromatic heterocycles. The van der Waals surface area contributed by atoms with Crippen LogP contribution in [0.1, 0.15) is 18.1 Å². The first-order valence-corrected chi connectivity index (χ1v) is 8.92. The summed E-state index contributed by atoms with van der Waals surface area (Å²) in [5, 5.41) is 10.4. The van der Waals surface area contributed by atoms with Gasteiger partial charge in [-0.3, -0.25) is 0 Å². The maximum absolute atomic E-state index is 6.09. The summed E-state index contributed by atoms with van der Waals surface area (Å²) in [5.41, 5.74) is 3.62. The standard InChI is InChI=1S/C18H18ClN3S/c1-3-22-17(14-9-6-10-16(19)11-14)20-21-18(22)23-12-15-8-5-4-7-13(15)2/h4-11H,3,12H2,1-2H3. The van der Waals surface area contributed by atoms with Gasteiger partial charge in [0, 0.05) is 22.9 Å². The van der Waals surface area contributed by atoms with E-state index in [9.17, 15) is 0 Å². The van der Waals surface area contributed by atoms with Gasteiger partial charge in [0.2, 0.25) is 0 Å². The summed E-state index contributed by atoms with van der Waals surface area (Å²) in [7, 11) is 0. The lowest BCUT2D eigenvalue weighted by molar-refractivity contribution is 0.687. The summed E-state index contributed by atoms with van der Waals surface area (Å²) >= 11 is 7.81. The van der Waals surface area contributed by atoms with Gasteiger partial charge in [-0.25, -0.2) is 0 Å². The largest absolute Gasteiger partial charge is 0.302 e. The predicted octanol–water partition coefficient (Wildman–Crippen LogP) is 5.22. The highest BCUT2D eigenvalue weighted by Crippen LogP contribution is 2.28. The normalized spacial score (nSPS) is 10.9. The minimum absolute atomic E-state index is 0.710. The zero-order chi connectivity index (χ0) is 16.2. The van der Waals surface area contributed by atoms with Gasteiger partial charge in [0.05, 0.1) is 0 Å². The molecule has 0 radical (unpaired) electrons. The van der Waals surface area contributed by atoms with E-state index < -0.39 is 0 Å². The van der Waals surface area contributed by atoms with Crippen molar-refractivity contribution in [3.63, 3.8) is 0 Å². The molecule has 0 atom stereocenters. The van der Waals surface area contributed by atoms with Crippen LogP contribution in [-0.4, -0.2) is 14.8 Å². The summed E-state index contributed by atoms with van der Waals surface area (Å²) in [5.74, 6) is 1.75. The van der Waals surface area contributed by atoms with Crippen molar-refractivity contribution in [2.45, 2.75) is 31.3 Å². The second-order valence-electron chi connectivity index (χ2n) is 5.28. The zero-order valence-electron chi connectivity index (χ0n) is 13.2. The second-order valence-corrected chi connectivity index (χ2v) is 6.65. The van der Waals surface area contributed by atoms with Crippen LogP contribution in [-0.2, 0) is 12.3 Å². The molecule has 1 heterocycles. The molecule has 3 rings (SSSR count). The van der Waals surface area contributed by atoms with E-state index in [0.29, 0.717) is 5.02 Å². The van der Waals surface area contributed by atoms with Gasteiger partial charge < -0.3 is 4.57 Å². The minimum Gasteiger partial charge on any atom is -0.302 e. The van der Waals surface area contributed by atoms with Gasteiger partial charge in [0.1, 0.15) is 0 Å². The maximum Gasteiger partial charge on any atom is 0.191 e. The van der Waals surface area contributed by atoms with E-state index in [0.717, 1.165) is 28.8 Å². The molecule has 0 unspecified atom stereocenters. The van der Waals surface area contributed by atoms with Crippen LogP contribution in [0.5, 0.6) is 0 Å². The van der Waals surface area contributed by atoms with Crippen molar-refractivity contribution in [1.29, 1.82) is 0 Å². The summed E-state index contributed by atoms with van der Waals surface area (Å²) in [6, 6.07) is 16.2. The van der Waals surface area contributed by atoms with Crippen molar-refractivity contribution < 1.29 is 0 Å². The number of halogens is 1. The highest BCUT2D eigenvalue weighted by molar-refractivity contribution is 7.98. The number of aromatic nitrogens is 3. The second kappa shape index (κ2) is 7.20. The molecule has 2 aromatic carbocycles. The van der Waals surface area contributed by atoms with Gasteiger partial charge in [-0.05, 0) is 37.1 Å². The molecule has 0 N–H and O–H groups in total. The zero-order valence-corrected chi connectivity index (χ0v) is 14.7. The first-order valence-electron chi connectivity index (χ1n) is 7.55. The molecule has 23 heavy (non-hydrogen) atoms. The number of thioether (sulfide) groups is 1. The number of hydrogen-bond donors (Lipinski definition) is 0. The first-order chi connectivity index (χ1) is 11.2. The lowest BCUT2D eigenvalue weighted by Crippen LogP contribution is -2.00. The Bertz CT molecular complexity index is 814. The van der Waals surface area contributed by atoms with Gasteiger partial charge in [-0.1, -0.05) is 59.8 Å². The maximum atomic E-state index is 6.09. The number of benzene rings is 2. The molecule has 3 nitrogen and oxygen atoms in total. The van der Waals surface area contributed by atoms with Gasteiger partial charge in [-0.2, -0.15) is 0 Å². The number of hydrogen-bond acceptors (Lipinski definition) is 3. The van der Waals surface area contributed by atoms with Crippen LogP contribution in [0.3, 0.4) is 0 Å². The summed E-state index contributed by atoms with van der Waals surface area (Å²) in [6.45, 7) is 5.07. The fraction of sp³-hybridized carbons (Fsp3) is 0.222. The Hall–Kier alpha value is -1.78. The Morgan fingerprint density at radius 1 is 1.09 bits per heavy atom. The van der Waals surface area contributed by atoms with Crippen LogP contribution < -0.4 is 0 Å². The highest BCUT2D eigenvalue weighted by Gasteiger charge is 2.13. The van der Waals surface area contributed by atoms with Crippen LogP contribution in [0.4, 0.5) is 0 Å². The lowest BCUT2D eigenvalue weighted by Gasteiger charge is -2.08. The molecular weight excluding hydrogens is 326 g/mol. The summed E-state index contributed by atoms with van der Waals surface area (Å²) in [6.07, 6.45) is 0. The first kappa shape index (κ1) is 16.1. The number of rotatable bonds is 5. The Kier molecular flexibility index (Phi) is 5.03. The van der Waals surface area contributed by atoms with Crippen molar-refractivity contribution in [2.75, 3.05) is 0 Å². The molecule has 0 fully saturated rings. The summed E-state index contributed by atoms with van der Waals surface area (Å²) < 4.78 is 2.13. The van der Waals surface area contributed by atoms with Gasteiger partial charge in [0.25, 0.3) is 0 Å². The van der Waals surface area contributed by atoms with Gasteiger partial charge in [0.15, 0.2) is 11.0 Å². The third-order valence-electron chi connectivity index (χ3n) is 3.73. The van der Waals surface area contributed by atoms with Crippen molar-refractivity contribution >= 4 is 23.4 Å². The molecule has 0 saturated heterocycles. The van der Waals surface area contributed by atoms with E-state index in [1.807, 2.05) is 24.3 Å². The predicted molar refractivity (Wildman–Crippen MR) is 96.9 cm³/mol. The van der Waals surface area contributed by atoms with E-state index in [-0.39, 0.29) is 0 Å². The smallest absolute Gasteiger partial charge is 0.191 e. The van der Waals surface area contributed by atoms with E-state index in [4.69, 9.17) is 11.6 Å². The van der Waals surface area contributed by atoms with Crippen molar-refractivity contribution in [3.8, 4) is 11.4 Å². The molecular formula is C18H18ClN3S. The van der Waals surface area contributed by atoms with Crippen LogP contribution >= 0.6 is 23.4 Å². The molecule has 5 heteroatoms. The molecule has 0 amide bonds. The SMILES string of the molecule is CCn1c(SCc2ccccc2C)nnc1-c1cccc(Cl)c1. The molecule has 3 aromatic rings. The monoisotopic (exact) mass is 343 g/mol. The molecule has 0 aliphatic heterocycles. The topological polar surface area (TPSA) is 30.7 Å². The van der Waals surface area contributed by atoms with Crippen molar-refractivity contribution in [1.82, 2.24) is 14.8 Å². The molecule has 0 bridgehead atoms. The van der Waals surface area contributed by atoms with Crippen LogP contribution in [0.2, 0.25) is 5.02 Å². The number of nitrogens with zero attached hydrogens (tertiary/aromatic N) is 3. The average molecular weight is 344 g/mol. The van der Waals surface area contributed by atoms with Crippen LogP contribution in [0.25, 0.3) is 11.4 Å². The highest BCUT2D eigenvalue weighted by atomic mass is 35.5. The molecule has 0 spiro atoms. The van der Waals surface area contributed by atoms with Crippen LogP contribution in [0, 0.1) is 6.92 Å². The van der Waals surface area contributed by atoms with Crippen molar-refractivity contribution in [2.24, 2.45) is 0 Å². The minimum atomic E-state index is 0.710. The fourth-order valence-electron chi connectivity index (χ4n) is 2.44. The lowest BCUT2D eigenvalue weighted by atomic mass is 10.1. The quantitative estimate of drug-likeness (QED) is 0.595. The molecule has 0 aliphatic carbocycles. The van der Waals surface area contributed by atoms with E-state index in [1.54, 1.807) is 11.8 Å². The third-order valence-corrected chi connectivity index (χ3v) is 4.98. The Morgan fingerprint density at radius 2 is 1.91 bits per heavy atom. The van der Waals surface area contributed by atoms with Gasteiger partial charge in [-0.15, -0.1) is 10.2 Å². The van der Waals surface area contributed by atoms with E-state index >= 15 is 0 Å². The summed E-state index contributed by atoms with van der Waals surface area (Å²) in [4.78, 5) is 0. The Balaban J connectivity index is 1.85. The van der Waals surface area contributed by atoms with E-state index in [2.05, 4.69) is 52.9 Å². The van der Waals surface area contributed by atoms with Crippen LogP contribution in [0.15, 0.2) is 53.7 Å². The third kappa shape index (κ3) is 3.59. The molecule has 118 valence electrons.